The maximum absolute atomic E-state index is 13.0. The smallest absolute Gasteiger partial charge is 0.337 e. The molecule has 0 bridgehead atoms. The van der Waals surface area contributed by atoms with Gasteiger partial charge in [-0.05, 0) is 30.9 Å². The van der Waals surface area contributed by atoms with Gasteiger partial charge in [-0.25, -0.2) is 4.79 Å². The van der Waals surface area contributed by atoms with E-state index in [2.05, 4.69) is 5.32 Å². The molecule has 1 aromatic rings. The number of rotatable bonds is 2. The zero-order valence-electron chi connectivity index (χ0n) is 15.5. The molecule has 1 saturated heterocycles. The molecule has 1 aromatic carbocycles. The predicted molar refractivity (Wildman–Crippen MR) is 98.6 cm³/mol. The zero-order chi connectivity index (χ0) is 19.1. The van der Waals surface area contributed by atoms with Crippen LogP contribution in [0.1, 0.15) is 36.3 Å². The molecule has 2 aliphatic heterocycles. The molecule has 0 radical (unpaired) electrons. The molecule has 0 unspecified atom stereocenters. The summed E-state index contributed by atoms with van der Waals surface area (Å²) in [5.74, 6) is -1.37. The van der Waals surface area contributed by atoms with Gasteiger partial charge < -0.3 is 15.0 Å². The van der Waals surface area contributed by atoms with Crippen molar-refractivity contribution in [2.24, 2.45) is 0 Å². The number of hydrogen-bond acceptors (Lipinski definition) is 5. The third-order valence-electron chi connectivity index (χ3n) is 5.60. The molecule has 1 fully saturated rings. The van der Waals surface area contributed by atoms with Crippen LogP contribution in [0.3, 0.4) is 0 Å². The quantitative estimate of drug-likeness (QED) is 0.810. The number of carbonyl (C=O) groups is 3. The van der Waals surface area contributed by atoms with Crippen molar-refractivity contribution < 1.29 is 19.1 Å². The van der Waals surface area contributed by atoms with Crippen LogP contribution in [0.4, 0.5) is 0 Å². The highest BCUT2D eigenvalue weighted by molar-refractivity contribution is 6.09. The van der Waals surface area contributed by atoms with Crippen LogP contribution >= 0.6 is 0 Å². The van der Waals surface area contributed by atoms with Crippen molar-refractivity contribution in [1.29, 1.82) is 0 Å². The number of nitrogens with zero attached hydrogens (tertiary/aromatic N) is 1. The summed E-state index contributed by atoms with van der Waals surface area (Å²) in [6.45, 7) is 2.99. The number of esters is 1. The van der Waals surface area contributed by atoms with E-state index < -0.39 is 11.9 Å². The number of Topliss-reactive ketones (excluding diaryl/α,β-unsaturated/α-hetero) is 1. The van der Waals surface area contributed by atoms with Crippen molar-refractivity contribution in [3.8, 4) is 0 Å². The Balaban J connectivity index is 2.04. The van der Waals surface area contributed by atoms with E-state index in [1.54, 1.807) is 0 Å². The Morgan fingerprint density at radius 2 is 2.00 bits per heavy atom. The summed E-state index contributed by atoms with van der Waals surface area (Å²) in [5, 5.41) is 2.83. The highest BCUT2D eigenvalue weighted by atomic mass is 16.5. The second-order valence-electron chi connectivity index (χ2n) is 7.09. The van der Waals surface area contributed by atoms with Gasteiger partial charge in [0.15, 0.2) is 5.78 Å². The normalized spacial score (nSPS) is 22.3. The molecule has 0 aromatic heterocycles. The van der Waals surface area contributed by atoms with Gasteiger partial charge in [0, 0.05) is 36.7 Å². The van der Waals surface area contributed by atoms with Gasteiger partial charge in [0.25, 0.3) is 5.91 Å². The second-order valence-corrected chi connectivity index (χ2v) is 7.09. The molecule has 1 amide bonds. The summed E-state index contributed by atoms with van der Waals surface area (Å²) in [5.41, 5.74) is 3.96. The van der Waals surface area contributed by atoms with Crippen LogP contribution in [0.15, 0.2) is 46.8 Å². The van der Waals surface area contributed by atoms with Crippen LogP contribution in [0.2, 0.25) is 0 Å². The Morgan fingerprint density at radius 3 is 2.74 bits per heavy atom. The standard InChI is InChI=1S/C21H22N2O4/c1-12-6-3-4-7-13(12)16-17-14(8-5-9-15(17)24)23-11-10-22-20(25)19(23)18(16)21(26)27-2/h3-4,6-7,16H,5,8-11H2,1-2H3,(H,22,25)/t16-/m1/s1. The van der Waals surface area contributed by atoms with Crippen molar-refractivity contribution in [3.63, 3.8) is 0 Å². The van der Waals surface area contributed by atoms with Gasteiger partial charge in [0.2, 0.25) is 0 Å². The summed E-state index contributed by atoms with van der Waals surface area (Å²) in [4.78, 5) is 40.4. The first-order valence-corrected chi connectivity index (χ1v) is 9.24. The molecule has 0 spiro atoms. The largest absolute Gasteiger partial charge is 0.466 e. The predicted octanol–water partition coefficient (Wildman–Crippen LogP) is 1.96. The van der Waals surface area contributed by atoms with Crippen LogP contribution in [0.25, 0.3) is 0 Å². The Morgan fingerprint density at radius 1 is 1.22 bits per heavy atom. The fourth-order valence-corrected chi connectivity index (χ4v) is 4.42. The number of ether oxygens (including phenoxy) is 1. The number of fused-ring (bicyclic) bond motifs is 2. The third-order valence-corrected chi connectivity index (χ3v) is 5.60. The number of benzene rings is 1. The van der Waals surface area contributed by atoms with Crippen molar-refractivity contribution in [2.45, 2.75) is 32.1 Å². The van der Waals surface area contributed by atoms with Gasteiger partial charge in [0.05, 0.1) is 12.7 Å². The number of ketones is 1. The highest BCUT2D eigenvalue weighted by Crippen LogP contribution is 2.47. The fourth-order valence-electron chi connectivity index (χ4n) is 4.42. The van der Waals surface area contributed by atoms with E-state index in [9.17, 15) is 14.4 Å². The van der Waals surface area contributed by atoms with Crippen molar-refractivity contribution in [2.75, 3.05) is 20.2 Å². The first kappa shape index (κ1) is 17.5. The lowest BCUT2D eigenvalue weighted by atomic mass is 9.73. The number of hydrogen-bond donors (Lipinski definition) is 1. The Hall–Kier alpha value is -2.89. The minimum atomic E-state index is -0.573. The molecule has 1 aliphatic carbocycles. The van der Waals surface area contributed by atoms with Crippen molar-refractivity contribution in [1.82, 2.24) is 10.2 Å². The Bertz CT molecular complexity index is 913. The fraction of sp³-hybridized carbons (Fsp3) is 0.381. The first-order valence-electron chi connectivity index (χ1n) is 9.24. The summed E-state index contributed by atoms with van der Waals surface area (Å²) in [6.07, 6.45) is 1.96. The summed E-state index contributed by atoms with van der Waals surface area (Å²) in [7, 11) is 1.31. The van der Waals surface area contributed by atoms with E-state index in [1.165, 1.54) is 7.11 Å². The summed E-state index contributed by atoms with van der Waals surface area (Å²) >= 11 is 0. The topological polar surface area (TPSA) is 75.7 Å². The third kappa shape index (κ3) is 2.67. The van der Waals surface area contributed by atoms with E-state index in [0.717, 1.165) is 29.7 Å². The van der Waals surface area contributed by atoms with E-state index in [4.69, 9.17) is 4.74 Å². The molecule has 6 heteroatoms. The molecule has 0 saturated carbocycles. The minimum Gasteiger partial charge on any atom is -0.466 e. The molecule has 27 heavy (non-hydrogen) atoms. The molecule has 6 nitrogen and oxygen atoms in total. The van der Waals surface area contributed by atoms with Crippen LogP contribution in [0, 0.1) is 6.92 Å². The molecule has 2 heterocycles. The number of nitrogens with one attached hydrogen (secondary N) is 1. The van der Waals surface area contributed by atoms with Crippen LogP contribution in [0.5, 0.6) is 0 Å². The zero-order valence-corrected chi connectivity index (χ0v) is 15.5. The van der Waals surface area contributed by atoms with Gasteiger partial charge in [-0.2, -0.15) is 0 Å². The van der Waals surface area contributed by atoms with E-state index in [-0.39, 0.29) is 17.3 Å². The number of carbonyl (C=O) groups excluding carboxylic acids is 3. The van der Waals surface area contributed by atoms with E-state index in [1.807, 2.05) is 36.1 Å². The average Bonchev–Trinajstić information content (AvgIpc) is 2.67. The molecule has 140 valence electrons. The monoisotopic (exact) mass is 366 g/mol. The van der Waals surface area contributed by atoms with Crippen LogP contribution in [-0.4, -0.2) is 42.8 Å². The maximum Gasteiger partial charge on any atom is 0.337 e. The minimum absolute atomic E-state index is 0.0518. The van der Waals surface area contributed by atoms with E-state index in [0.29, 0.717) is 30.8 Å². The van der Waals surface area contributed by atoms with Crippen LogP contribution in [-0.2, 0) is 19.1 Å². The van der Waals surface area contributed by atoms with Gasteiger partial charge in [0.1, 0.15) is 5.70 Å². The number of aryl methyl sites for hydroxylation is 1. The SMILES string of the molecule is COC(=O)C1=C2C(=O)NCCN2C2=C(C(=O)CCC2)[C@H]1c1ccccc1C. The lowest BCUT2D eigenvalue weighted by Gasteiger charge is -2.43. The number of methoxy groups -OCH3 is 1. The molecular weight excluding hydrogens is 344 g/mol. The lowest BCUT2D eigenvalue weighted by Crippen LogP contribution is -2.50. The molecule has 1 N–H and O–H groups in total. The van der Waals surface area contributed by atoms with Crippen molar-refractivity contribution >= 4 is 17.7 Å². The van der Waals surface area contributed by atoms with Crippen molar-refractivity contribution in [3.05, 3.63) is 57.9 Å². The van der Waals surface area contributed by atoms with Crippen LogP contribution < -0.4 is 5.32 Å². The summed E-state index contributed by atoms with van der Waals surface area (Å²) in [6, 6.07) is 7.69. The van der Waals surface area contributed by atoms with Gasteiger partial charge in [-0.1, -0.05) is 24.3 Å². The van der Waals surface area contributed by atoms with E-state index >= 15 is 0 Å². The molecule has 1 atom stereocenters. The molecule has 4 rings (SSSR count). The highest BCUT2D eigenvalue weighted by Gasteiger charge is 2.46. The van der Waals surface area contributed by atoms with Gasteiger partial charge in [-0.15, -0.1) is 0 Å². The average molecular weight is 366 g/mol. The number of piperazine rings is 1. The van der Waals surface area contributed by atoms with Gasteiger partial charge >= 0.3 is 5.97 Å². The molecule has 3 aliphatic rings. The van der Waals surface area contributed by atoms with Gasteiger partial charge in [-0.3, -0.25) is 9.59 Å². The Kier molecular flexibility index (Phi) is 4.34. The molecular formula is C21H22N2O4. The first-order chi connectivity index (χ1) is 13.0. The Labute approximate surface area is 157 Å². The summed E-state index contributed by atoms with van der Waals surface area (Å²) < 4.78 is 5.06. The second kappa shape index (κ2) is 6.68. The maximum atomic E-state index is 13.0. The number of amides is 1. The number of allylic oxidation sites excluding steroid dienone is 2. The lowest BCUT2D eigenvalue weighted by molar-refractivity contribution is -0.137.